The van der Waals surface area contributed by atoms with Gasteiger partial charge in [0.05, 0.1) is 9.95 Å². The SMILES string of the molecule is CCCNC(Cc1ccc([N+](=O)[O-])cc1Cl)C(C)C. The van der Waals surface area contributed by atoms with Gasteiger partial charge in [-0.2, -0.15) is 0 Å². The van der Waals surface area contributed by atoms with E-state index in [2.05, 4.69) is 26.1 Å². The van der Waals surface area contributed by atoms with Crippen molar-refractivity contribution in [3.05, 3.63) is 38.9 Å². The van der Waals surface area contributed by atoms with Gasteiger partial charge in [0.2, 0.25) is 0 Å². The van der Waals surface area contributed by atoms with Crippen LogP contribution in [0.5, 0.6) is 0 Å². The zero-order valence-electron chi connectivity index (χ0n) is 11.6. The standard InChI is InChI=1S/C14H21ClN2O2/c1-4-7-16-14(10(2)3)8-11-5-6-12(17(18)19)9-13(11)15/h5-6,9-10,14,16H,4,7-8H2,1-3H3. The van der Waals surface area contributed by atoms with E-state index >= 15 is 0 Å². The van der Waals surface area contributed by atoms with Crippen LogP contribution in [-0.4, -0.2) is 17.5 Å². The van der Waals surface area contributed by atoms with Crippen LogP contribution in [-0.2, 0) is 6.42 Å². The Bertz CT molecular complexity index is 435. The molecule has 4 nitrogen and oxygen atoms in total. The Kier molecular flexibility index (Phi) is 6.25. The van der Waals surface area contributed by atoms with Gasteiger partial charge in [-0.1, -0.05) is 38.4 Å². The van der Waals surface area contributed by atoms with E-state index in [1.54, 1.807) is 6.07 Å². The van der Waals surface area contributed by atoms with Crippen LogP contribution in [0.25, 0.3) is 0 Å². The van der Waals surface area contributed by atoms with Gasteiger partial charge in [0, 0.05) is 18.2 Å². The smallest absolute Gasteiger partial charge is 0.270 e. The summed E-state index contributed by atoms with van der Waals surface area (Å²) in [5.74, 6) is 0.484. The predicted octanol–water partition coefficient (Wildman–Crippen LogP) is 3.81. The molecule has 5 heteroatoms. The molecule has 0 heterocycles. The van der Waals surface area contributed by atoms with E-state index in [-0.39, 0.29) is 5.69 Å². The maximum absolute atomic E-state index is 10.7. The Hall–Kier alpha value is -1.13. The van der Waals surface area contributed by atoms with Gasteiger partial charge in [-0.25, -0.2) is 0 Å². The van der Waals surface area contributed by atoms with Gasteiger partial charge >= 0.3 is 0 Å². The fourth-order valence-electron chi connectivity index (χ4n) is 1.93. The summed E-state index contributed by atoms with van der Waals surface area (Å²) < 4.78 is 0. The quantitative estimate of drug-likeness (QED) is 0.612. The molecule has 0 saturated carbocycles. The average Bonchev–Trinajstić information content (AvgIpc) is 2.35. The van der Waals surface area contributed by atoms with Gasteiger partial charge in [-0.05, 0) is 30.9 Å². The predicted molar refractivity (Wildman–Crippen MR) is 78.7 cm³/mol. The number of nitro groups is 1. The van der Waals surface area contributed by atoms with Gasteiger partial charge in [0.1, 0.15) is 0 Å². The molecule has 19 heavy (non-hydrogen) atoms. The zero-order chi connectivity index (χ0) is 14.4. The number of benzene rings is 1. The number of nitro benzene ring substituents is 1. The number of non-ortho nitro benzene ring substituents is 1. The molecule has 1 N–H and O–H groups in total. The van der Waals surface area contributed by atoms with Crippen molar-refractivity contribution >= 4 is 17.3 Å². The third-order valence-corrected chi connectivity index (χ3v) is 3.50. The van der Waals surface area contributed by atoms with E-state index in [1.165, 1.54) is 12.1 Å². The number of nitrogens with zero attached hydrogens (tertiary/aromatic N) is 1. The molecule has 1 aromatic carbocycles. The first-order valence-corrected chi connectivity index (χ1v) is 6.99. The molecule has 1 unspecified atom stereocenters. The second-order valence-electron chi connectivity index (χ2n) is 5.04. The molecule has 1 rings (SSSR count). The first-order chi connectivity index (χ1) is 8.95. The molecule has 0 bridgehead atoms. The van der Waals surface area contributed by atoms with Crippen molar-refractivity contribution in [2.45, 2.75) is 39.7 Å². The highest BCUT2D eigenvalue weighted by Crippen LogP contribution is 2.24. The molecule has 0 aliphatic carbocycles. The third-order valence-electron chi connectivity index (χ3n) is 3.15. The summed E-state index contributed by atoms with van der Waals surface area (Å²) in [4.78, 5) is 10.2. The number of rotatable bonds is 7. The molecule has 1 atom stereocenters. The van der Waals surface area contributed by atoms with Crippen LogP contribution >= 0.6 is 11.6 Å². The lowest BCUT2D eigenvalue weighted by atomic mass is 9.96. The van der Waals surface area contributed by atoms with Crippen LogP contribution in [0.15, 0.2) is 18.2 Å². The second kappa shape index (κ2) is 7.46. The Morgan fingerprint density at radius 1 is 1.42 bits per heavy atom. The van der Waals surface area contributed by atoms with Crippen LogP contribution in [0, 0.1) is 16.0 Å². The minimum Gasteiger partial charge on any atom is -0.313 e. The summed E-state index contributed by atoms with van der Waals surface area (Å²) in [5.41, 5.74) is 0.992. The lowest BCUT2D eigenvalue weighted by Gasteiger charge is -2.22. The number of halogens is 1. The highest BCUT2D eigenvalue weighted by Gasteiger charge is 2.16. The van der Waals surface area contributed by atoms with Crippen LogP contribution in [0.1, 0.15) is 32.8 Å². The number of hydrogen-bond acceptors (Lipinski definition) is 3. The summed E-state index contributed by atoms with van der Waals surface area (Å²) in [6.45, 7) is 7.41. The van der Waals surface area contributed by atoms with E-state index in [4.69, 9.17) is 11.6 Å². The summed E-state index contributed by atoms with van der Waals surface area (Å²) in [5, 5.41) is 14.6. The van der Waals surface area contributed by atoms with Crippen molar-refractivity contribution in [1.82, 2.24) is 5.32 Å². The first kappa shape index (κ1) is 15.9. The number of nitrogens with one attached hydrogen (secondary N) is 1. The highest BCUT2D eigenvalue weighted by molar-refractivity contribution is 6.31. The summed E-state index contributed by atoms with van der Waals surface area (Å²) >= 11 is 6.12. The van der Waals surface area contributed by atoms with Crippen molar-refractivity contribution in [2.24, 2.45) is 5.92 Å². The molecule has 1 aromatic rings. The Morgan fingerprint density at radius 3 is 2.58 bits per heavy atom. The van der Waals surface area contributed by atoms with Crippen molar-refractivity contribution in [3.63, 3.8) is 0 Å². The molecule has 0 amide bonds. The molecule has 106 valence electrons. The summed E-state index contributed by atoms with van der Waals surface area (Å²) in [6.07, 6.45) is 1.87. The monoisotopic (exact) mass is 284 g/mol. The fraction of sp³-hybridized carbons (Fsp3) is 0.571. The Balaban J connectivity index is 2.81. The molecule has 0 saturated heterocycles. The molecule has 0 radical (unpaired) electrons. The maximum Gasteiger partial charge on any atom is 0.270 e. The van der Waals surface area contributed by atoms with E-state index in [9.17, 15) is 10.1 Å². The summed E-state index contributed by atoms with van der Waals surface area (Å²) in [7, 11) is 0. The van der Waals surface area contributed by atoms with Gasteiger partial charge in [0.25, 0.3) is 5.69 Å². The highest BCUT2D eigenvalue weighted by atomic mass is 35.5. The Morgan fingerprint density at radius 2 is 2.11 bits per heavy atom. The van der Waals surface area contributed by atoms with Gasteiger partial charge in [-0.3, -0.25) is 10.1 Å². The van der Waals surface area contributed by atoms with Crippen molar-refractivity contribution in [3.8, 4) is 0 Å². The molecular formula is C14H21ClN2O2. The van der Waals surface area contributed by atoms with Crippen LogP contribution < -0.4 is 5.32 Å². The van der Waals surface area contributed by atoms with Gasteiger partial charge in [-0.15, -0.1) is 0 Å². The fourth-order valence-corrected chi connectivity index (χ4v) is 2.18. The minimum absolute atomic E-state index is 0.0383. The average molecular weight is 285 g/mol. The van der Waals surface area contributed by atoms with Gasteiger partial charge in [0.15, 0.2) is 0 Å². The van der Waals surface area contributed by atoms with E-state index in [0.717, 1.165) is 24.9 Å². The molecule has 0 aliphatic rings. The summed E-state index contributed by atoms with van der Waals surface area (Å²) in [6, 6.07) is 5.02. The van der Waals surface area contributed by atoms with Crippen LogP contribution in [0.2, 0.25) is 5.02 Å². The van der Waals surface area contributed by atoms with Crippen LogP contribution in [0.4, 0.5) is 5.69 Å². The molecule has 0 spiro atoms. The van der Waals surface area contributed by atoms with Crippen molar-refractivity contribution < 1.29 is 4.92 Å². The van der Waals surface area contributed by atoms with E-state index < -0.39 is 4.92 Å². The molecular weight excluding hydrogens is 264 g/mol. The van der Waals surface area contributed by atoms with Gasteiger partial charge < -0.3 is 5.32 Å². The van der Waals surface area contributed by atoms with Crippen molar-refractivity contribution in [1.29, 1.82) is 0 Å². The lowest BCUT2D eigenvalue weighted by molar-refractivity contribution is -0.384. The molecule has 0 aromatic heterocycles. The second-order valence-corrected chi connectivity index (χ2v) is 5.45. The maximum atomic E-state index is 10.7. The lowest BCUT2D eigenvalue weighted by Crippen LogP contribution is -2.36. The Labute approximate surface area is 119 Å². The minimum atomic E-state index is -0.426. The first-order valence-electron chi connectivity index (χ1n) is 6.61. The normalized spacial score (nSPS) is 12.7. The van der Waals surface area contributed by atoms with Crippen molar-refractivity contribution in [2.75, 3.05) is 6.54 Å². The zero-order valence-corrected chi connectivity index (χ0v) is 12.4. The molecule has 0 fully saturated rings. The number of hydrogen-bond donors (Lipinski definition) is 1. The van der Waals surface area contributed by atoms with E-state index in [1.807, 2.05) is 0 Å². The largest absolute Gasteiger partial charge is 0.313 e. The van der Waals surface area contributed by atoms with E-state index in [0.29, 0.717) is 17.0 Å². The molecule has 0 aliphatic heterocycles. The third kappa shape index (κ3) is 4.80. The topological polar surface area (TPSA) is 55.2 Å². The van der Waals surface area contributed by atoms with Crippen LogP contribution in [0.3, 0.4) is 0 Å².